The van der Waals surface area contributed by atoms with Crippen LogP contribution in [-0.2, 0) is 32.0 Å². The summed E-state index contributed by atoms with van der Waals surface area (Å²) in [7, 11) is 0. The molecule has 0 radical (unpaired) electrons. The van der Waals surface area contributed by atoms with Crippen LogP contribution in [-0.4, -0.2) is 55.9 Å². The smallest absolute Gasteiger partial charge is 0.248 e. The second-order valence-corrected chi connectivity index (χ2v) is 10.9. The monoisotopic (exact) mass is 668 g/mol. The van der Waals surface area contributed by atoms with Crippen molar-refractivity contribution in [1.82, 2.24) is 30.8 Å². The Morgan fingerprint density at radius 1 is 0.612 bits per heavy atom. The van der Waals surface area contributed by atoms with Crippen molar-refractivity contribution < 1.29 is 32.4 Å². The summed E-state index contributed by atoms with van der Waals surface area (Å²) in [5.41, 5.74) is 2.62. The maximum Gasteiger partial charge on any atom is 0.248 e. The molecular formula is C34H30F2N8O5. The molecule has 4 amide bonds. The number of hydrogen-bond donors (Lipinski definition) is 4. The van der Waals surface area contributed by atoms with Crippen LogP contribution >= 0.6 is 0 Å². The van der Waals surface area contributed by atoms with Gasteiger partial charge in [0.1, 0.15) is 12.1 Å². The van der Waals surface area contributed by atoms with Gasteiger partial charge in [0.05, 0.1) is 24.2 Å². The molecule has 0 bridgehead atoms. The number of carbonyl (C=O) groups is 4. The van der Waals surface area contributed by atoms with E-state index in [1.54, 1.807) is 48.5 Å². The molecule has 2 atom stereocenters. The Morgan fingerprint density at radius 3 is 1.37 bits per heavy atom. The second-order valence-electron chi connectivity index (χ2n) is 10.9. The summed E-state index contributed by atoms with van der Waals surface area (Å²) in [4.78, 5) is 57.0. The van der Waals surface area contributed by atoms with Gasteiger partial charge in [-0.3, -0.25) is 19.2 Å². The Bertz CT molecular complexity index is 1830. The average Bonchev–Trinajstić information content (AvgIpc) is 3.56. The first-order valence-corrected chi connectivity index (χ1v) is 15.0. The van der Waals surface area contributed by atoms with Crippen LogP contribution in [0.4, 0.5) is 20.2 Å². The summed E-state index contributed by atoms with van der Waals surface area (Å²) in [5, 5.41) is 18.7. The molecule has 0 saturated heterocycles. The molecule has 0 aliphatic carbocycles. The number of anilines is 2. The molecule has 13 nitrogen and oxygen atoms in total. The number of hydrogen-bond acceptors (Lipinski definition) is 9. The van der Waals surface area contributed by atoms with E-state index in [9.17, 15) is 28.0 Å². The molecule has 250 valence electrons. The van der Waals surface area contributed by atoms with Gasteiger partial charge in [-0.15, -0.1) is 10.2 Å². The predicted octanol–water partition coefficient (Wildman–Crippen LogP) is 3.84. The summed E-state index contributed by atoms with van der Waals surface area (Å²) in [6.07, 6.45) is -0.339. The number of carbonyl (C=O) groups excluding carboxylic acids is 4. The maximum atomic E-state index is 13.3. The van der Waals surface area contributed by atoms with E-state index in [-0.39, 0.29) is 36.0 Å². The SMILES string of the molecule is C[C@H](NC(=O)Cc1cccc(F)n1)C(=O)Nc1ccc(-c2nnc(-c3ccc(NC(=O)[C@H](C)NC(=O)Cc4cccc(F)n4)cc3)o2)cc1. The van der Waals surface area contributed by atoms with Gasteiger partial charge in [-0.2, -0.15) is 8.78 Å². The van der Waals surface area contributed by atoms with Crippen molar-refractivity contribution in [2.24, 2.45) is 0 Å². The maximum absolute atomic E-state index is 13.3. The van der Waals surface area contributed by atoms with Gasteiger partial charge in [-0.05, 0) is 86.6 Å². The zero-order chi connectivity index (χ0) is 34.9. The van der Waals surface area contributed by atoms with Crippen molar-refractivity contribution in [3.63, 3.8) is 0 Å². The molecule has 0 aliphatic rings. The highest BCUT2D eigenvalue weighted by molar-refractivity contribution is 5.98. The number of amides is 4. The minimum absolute atomic E-state index is 0.170. The van der Waals surface area contributed by atoms with Crippen LogP contribution < -0.4 is 21.3 Å². The number of aromatic nitrogens is 4. The van der Waals surface area contributed by atoms with Gasteiger partial charge in [-0.1, -0.05) is 12.1 Å². The van der Waals surface area contributed by atoms with Gasteiger partial charge in [0.25, 0.3) is 0 Å². The lowest BCUT2D eigenvalue weighted by Gasteiger charge is -2.14. The van der Waals surface area contributed by atoms with Crippen molar-refractivity contribution in [3.8, 4) is 22.9 Å². The standard InChI is InChI=1S/C34H30F2N8O5/c1-19(37-29(45)17-25-5-3-7-27(35)39-25)31(47)41-23-13-9-21(10-14-23)33-43-44-34(49-33)22-11-15-24(16-12-22)42-32(48)20(2)38-30(46)18-26-6-4-8-28(36)40-26/h3-16,19-20H,17-18H2,1-2H3,(H,37,45)(H,38,46)(H,41,47)(H,42,48)/t19-,20-/m0/s1. The van der Waals surface area contributed by atoms with E-state index in [1.807, 2.05) is 0 Å². The zero-order valence-electron chi connectivity index (χ0n) is 26.2. The molecule has 0 unspecified atom stereocenters. The molecular weight excluding hydrogens is 638 g/mol. The van der Waals surface area contributed by atoms with Crippen molar-refractivity contribution in [2.75, 3.05) is 10.6 Å². The quantitative estimate of drug-likeness (QED) is 0.144. The first-order valence-electron chi connectivity index (χ1n) is 15.0. The van der Waals surface area contributed by atoms with Crippen molar-refractivity contribution in [3.05, 3.63) is 108 Å². The summed E-state index contributed by atoms with van der Waals surface area (Å²) in [6, 6.07) is 19.9. The highest BCUT2D eigenvalue weighted by Crippen LogP contribution is 2.26. The van der Waals surface area contributed by atoms with Crippen molar-refractivity contribution >= 4 is 35.0 Å². The van der Waals surface area contributed by atoms with Gasteiger partial charge < -0.3 is 25.7 Å². The van der Waals surface area contributed by atoms with E-state index >= 15 is 0 Å². The minimum atomic E-state index is -0.862. The van der Waals surface area contributed by atoms with E-state index in [2.05, 4.69) is 41.4 Å². The summed E-state index contributed by atoms with van der Waals surface area (Å²) in [5.74, 6) is -2.78. The Balaban J connectivity index is 1.10. The van der Waals surface area contributed by atoms with Crippen LogP contribution in [0.2, 0.25) is 0 Å². The third kappa shape index (κ3) is 9.57. The van der Waals surface area contributed by atoms with Crippen molar-refractivity contribution in [2.45, 2.75) is 38.8 Å². The summed E-state index contributed by atoms with van der Waals surface area (Å²) >= 11 is 0. The largest absolute Gasteiger partial charge is 0.416 e. The molecule has 2 aromatic carbocycles. The number of halogens is 2. The van der Waals surface area contributed by atoms with Crippen LogP contribution in [0.25, 0.3) is 22.9 Å². The van der Waals surface area contributed by atoms with Crippen LogP contribution in [0.1, 0.15) is 25.2 Å². The molecule has 3 heterocycles. The van der Waals surface area contributed by atoms with Gasteiger partial charge in [0, 0.05) is 22.5 Å². The lowest BCUT2D eigenvalue weighted by Crippen LogP contribution is -2.42. The van der Waals surface area contributed by atoms with Gasteiger partial charge in [-0.25, -0.2) is 9.97 Å². The first kappa shape index (κ1) is 34.0. The Morgan fingerprint density at radius 2 is 1.00 bits per heavy atom. The van der Waals surface area contributed by atoms with E-state index in [0.29, 0.717) is 22.5 Å². The second kappa shape index (κ2) is 15.5. The number of benzene rings is 2. The van der Waals surface area contributed by atoms with Crippen LogP contribution in [0.5, 0.6) is 0 Å². The zero-order valence-corrected chi connectivity index (χ0v) is 26.2. The van der Waals surface area contributed by atoms with Crippen LogP contribution in [0.3, 0.4) is 0 Å². The topological polar surface area (TPSA) is 181 Å². The Hall–Kier alpha value is -6.38. The predicted molar refractivity (Wildman–Crippen MR) is 173 cm³/mol. The van der Waals surface area contributed by atoms with Crippen molar-refractivity contribution in [1.29, 1.82) is 0 Å². The molecule has 3 aromatic heterocycles. The lowest BCUT2D eigenvalue weighted by atomic mass is 10.2. The summed E-state index contributed by atoms with van der Waals surface area (Å²) < 4.78 is 32.4. The average molecular weight is 669 g/mol. The minimum Gasteiger partial charge on any atom is -0.416 e. The molecule has 0 fully saturated rings. The first-order chi connectivity index (χ1) is 23.5. The number of nitrogens with one attached hydrogen (secondary N) is 4. The molecule has 0 saturated carbocycles. The van der Waals surface area contributed by atoms with Gasteiger partial charge in [0.15, 0.2) is 0 Å². The van der Waals surface area contributed by atoms with Gasteiger partial charge >= 0.3 is 0 Å². The number of pyridine rings is 2. The number of nitrogens with zero attached hydrogens (tertiary/aromatic N) is 4. The molecule has 0 aliphatic heterocycles. The third-order valence-corrected chi connectivity index (χ3v) is 6.99. The van der Waals surface area contributed by atoms with E-state index in [1.165, 1.54) is 50.2 Å². The summed E-state index contributed by atoms with van der Waals surface area (Å²) in [6.45, 7) is 3.05. The molecule has 49 heavy (non-hydrogen) atoms. The third-order valence-electron chi connectivity index (χ3n) is 6.99. The number of rotatable bonds is 12. The molecule has 0 spiro atoms. The van der Waals surface area contributed by atoms with Crippen LogP contribution in [0.15, 0.2) is 89.3 Å². The Kier molecular flexibility index (Phi) is 10.7. The highest BCUT2D eigenvalue weighted by atomic mass is 19.1. The van der Waals surface area contributed by atoms with E-state index in [0.717, 1.165) is 0 Å². The fourth-order valence-electron chi connectivity index (χ4n) is 4.49. The van der Waals surface area contributed by atoms with E-state index < -0.39 is 47.6 Å². The highest BCUT2D eigenvalue weighted by Gasteiger charge is 2.19. The van der Waals surface area contributed by atoms with Crippen LogP contribution in [0, 0.1) is 11.9 Å². The molecule has 5 rings (SSSR count). The lowest BCUT2D eigenvalue weighted by molar-refractivity contribution is -0.125. The fourth-order valence-corrected chi connectivity index (χ4v) is 4.49. The molecule has 4 N–H and O–H groups in total. The van der Waals surface area contributed by atoms with Gasteiger partial charge in [0.2, 0.25) is 47.3 Å². The van der Waals surface area contributed by atoms with E-state index in [4.69, 9.17) is 4.42 Å². The normalized spacial score (nSPS) is 12.0. The fraction of sp³-hybridized carbons (Fsp3) is 0.176. The molecule has 15 heteroatoms. The Labute approximate surface area is 278 Å². The molecule has 5 aromatic rings.